The molecule has 0 aliphatic carbocycles. The van der Waals surface area contributed by atoms with E-state index in [4.69, 9.17) is 17.3 Å². The lowest BCUT2D eigenvalue weighted by molar-refractivity contribution is 0.102. The summed E-state index contributed by atoms with van der Waals surface area (Å²) < 4.78 is 0. The molecule has 0 atom stereocenters. The van der Waals surface area contributed by atoms with Crippen LogP contribution < -0.4 is 11.1 Å². The van der Waals surface area contributed by atoms with E-state index in [9.17, 15) is 4.79 Å². The third-order valence-electron chi connectivity index (χ3n) is 3.03. The summed E-state index contributed by atoms with van der Waals surface area (Å²) in [4.78, 5) is 15.3. The Bertz CT molecular complexity index is 795. The predicted molar refractivity (Wildman–Crippen MR) is 82.1 cm³/mol. The minimum absolute atomic E-state index is 0.205. The number of benzene rings is 2. The van der Waals surface area contributed by atoms with E-state index in [2.05, 4.69) is 10.3 Å². The monoisotopic (exact) mass is 285 g/mol. The minimum Gasteiger partial charge on any atom is -0.399 e. The van der Waals surface area contributed by atoms with Crippen molar-refractivity contribution in [1.29, 1.82) is 0 Å². The van der Waals surface area contributed by atoms with Gasteiger partial charge in [0.25, 0.3) is 5.91 Å². The number of halogens is 1. The number of hydrogen-bond donors (Lipinski definition) is 3. The van der Waals surface area contributed by atoms with Gasteiger partial charge in [-0.2, -0.15) is 0 Å². The van der Waals surface area contributed by atoms with E-state index < -0.39 is 0 Å². The van der Waals surface area contributed by atoms with Gasteiger partial charge in [0.1, 0.15) is 0 Å². The molecule has 100 valence electrons. The first-order chi connectivity index (χ1) is 9.63. The fourth-order valence-corrected chi connectivity index (χ4v) is 2.28. The molecule has 0 aliphatic heterocycles. The maximum absolute atomic E-state index is 12.3. The second kappa shape index (κ2) is 4.90. The summed E-state index contributed by atoms with van der Waals surface area (Å²) in [7, 11) is 0. The molecular formula is C15H12ClN3O. The van der Waals surface area contributed by atoms with Gasteiger partial charge in [0.2, 0.25) is 0 Å². The van der Waals surface area contributed by atoms with E-state index >= 15 is 0 Å². The molecule has 5 heteroatoms. The number of carbonyl (C=O) groups is 1. The Morgan fingerprint density at radius 2 is 2.05 bits per heavy atom. The van der Waals surface area contributed by atoms with Gasteiger partial charge in [0.05, 0.1) is 5.56 Å². The van der Waals surface area contributed by atoms with Crippen LogP contribution in [0, 0.1) is 0 Å². The number of anilines is 2. The lowest BCUT2D eigenvalue weighted by Gasteiger charge is -2.05. The third kappa shape index (κ3) is 2.33. The summed E-state index contributed by atoms with van der Waals surface area (Å²) in [6.07, 6.45) is 1.67. The number of nitrogens with two attached hydrogens (primary N) is 1. The molecule has 0 saturated carbocycles. The van der Waals surface area contributed by atoms with Gasteiger partial charge in [-0.15, -0.1) is 0 Å². The maximum atomic E-state index is 12.3. The van der Waals surface area contributed by atoms with Gasteiger partial charge in [0.15, 0.2) is 0 Å². The molecule has 1 aromatic heterocycles. The van der Waals surface area contributed by atoms with Gasteiger partial charge >= 0.3 is 0 Å². The maximum Gasteiger partial charge on any atom is 0.257 e. The predicted octanol–water partition coefficient (Wildman–Crippen LogP) is 3.66. The van der Waals surface area contributed by atoms with E-state index in [-0.39, 0.29) is 5.91 Å². The molecule has 0 saturated heterocycles. The summed E-state index contributed by atoms with van der Waals surface area (Å²) in [5.74, 6) is -0.205. The number of amides is 1. The number of rotatable bonds is 2. The molecule has 4 N–H and O–H groups in total. The van der Waals surface area contributed by atoms with Crippen LogP contribution in [0.1, 0.15) is 10.4 Å². The Kier molecular flexibility index (Phi) is 3.08. The third-order valence-corrected chi connectivity index (χ3v) is 3.27. The molecule has 3 rings (SSSR count). The normalized spacial score (nSPS) is 10.7. The standard InChI is InChI=1S/C15H12ClN3O/c16-9-2-1-3-11(6-9)19-15(20)13-8-18-14-5-4-10(17)7-12(13)14/h1-8,18H,17H2,(H,19,20). The van der Waals surface area contributed by atoms with Crippen LogP contribution in [0.25, 0.3) is 10.9 Å². The van der Waals surface area contributed by atoms with Crippen molar-refractivity contribution in [3.8, 4) is 0 Å². The van der Waals surface area contributed by atoms with Crippen molar-refractivity contribution in [2.75, 3.05) is 11.1 Å². The number of hydrogen-bond acceptors (Lipinski definition) is 2. The Balaban J connectivity index is 1.94. The zero-order chi connectivity index (χ0) is 14.1. The molecule has 4 nitrogen and oxygen atoms in total. The van der Waals surface area contributed by atoms with Gasteiger partial charge in [-0.1, -0.05) is 17.7 Å². The number of aromatic amines is 1. The number of fused-ring (bicyclic) bond motifs is 1. The van der Waals surface area contributed by atoms with Gasteiger partial charge in [-0.25, -0.2) is 0 Å². The van der Waals surface area contributed by atoms with Crippen molar-refractivity contribution in [3.05, 3.63) is 59.2 Å². The highest BCUT2D eigenvalue weighted by molar-refractivity contribution is 6.31. The average molecular weight is 286 g/mol. The highest BCUT2D eigenvalue weighted by Gasteiger charge is 2.12. The quantitative estimate of drug-likeness (QED) is 0.629. The van der Waals surface area contributed by atoms with Gasteiger partial charge in [-0.05, 0) is 36.4 Å². The van der Waals surface area contributed by atoms with Crippen molar-refractivity contribution in [3.63, 3.8) is 0 Å². The molecular weight excluding hydrogens is 274 g/mol. The zero-order valence-corrected chi connectivity index (χ0v) is 11.2. The summed E-state index contributed by atoms with van der Waals surface area (Å²) >= 11 is 5.90. The van der Waals surface area contributed by atoms with Crippen LogP contribution in [0.5, 0.6) is 0 Å². The number of carbonyl (C=O) groups excluding carboxylic acids is 1. The largest absolute Gasteiger partial charge is 0.399 e. The highest BCUT2D eigenvalue weighted by atomic mass is 35.5. The molecule has 0 spiro atoms. The Labute approximate surface area is 120 Å². The van der Waals surface area contributed by atoms with Crippen molar-refractivity contribution >= 4 is 39.8 Å². The van der Waals surface area contributed by atoms with Gasteiger partial charge in [-0.3, -0.25) is 4.79 Å². The molecule has 1 amide bonds. The van der Waals surface area contributed by atoms with Crippen molar-refractivity contribution in [2.45, 2.75) is 0 Å². The fourth-order valence-electron chi connectivity index (χ4n) is 2.09. The first-order valence-corrected chi connectivity index (χ1v) is 6.45. The molecule has 0 radical (unpaired) electrons. The van der Waals surface area contributed by atoms with Crippen LogP contribution in [0.4, 0.5) is 11.4 Å². The summed E-state index contributed by atoms with van der Waals surface area (Å²) in [6, 6.07) is 12.4. The van der Waals surface area contributed by atoms with Crippen LogP contribution in [-0.4, -0.2) is 10.9 Å². The molecule has 0 fully saturated rings. The van der Waals surface area contributed by atoms with Gasteiger partial charge in [0, 0.05) is 33.5 Å². The van der Waals surface area contributed by atoms with E-state index in [1.807, 2.05) is 6.07 Å². The van der Waals surface area contributed by atoms with Crippen LogP contribution in [0.3, 0.4) is 0 Å². The lowest BCUT2D eigenvalue weighted by Crippen LogP contribution is -2.11. The Hall–Kier alpha value is -2.46. The van der Waals surface area contributed by atoms with Gasteiger partial charge < -0.3 is 16.0 Å². The molecule has 0 aliphatic rings. The van der Waals surface area contributed by atoms with Crippen LogP contribution in [0.2, 0.25) is 5.02 Å². The van der Waals surface area contributed by atoms with Crippen LogP contribution in [0.15, 0.2) is 48.7 Å². The summed E-state index contributed by atoms with van der Waals surface area (Å²) in [5, 5.41) is 4.18. The Morgan fingerprint density at radius 3 is 2.85 bits per heavy atom. The van der Waals surface area contributed by atoms with Crippen LogP contribution in [-0.2, 0) is 0 Å². The number of nitrogen functional groups attached to an aromatic ring is 1. The number of nitrogens with one attached hydrogen (secondary N) is 2. The smallest absolute Gasteiger partial charge is 0.257 e. The van der Waals surface area contributed by atoms with E-state index in [0.29, 0.717) is 22.0 Å². The summed E-state index contributed by atoms with van der Waals surface area (Å²) in [6.45, 7) is 0. The topological polar surface area (TPSA) is 70.9 Å². The zero-order valence-electron chi connectivity index (χ0n) is 10.5. The molecule has 3 aromatic rings. The lowest BCUT2D eigenvalue weighted by atomic mass is 10.1. The minimum atomic E-state index is -0.205. The molecule has 1 heterocycles. The van der Waals surface area contributed by atoms with Crippen molar-refractivity contribution in [1.82, 2.24) is 4.98 Å². The first-order valence-electron chi connectivity index (χ1n) is 6.07. The van der Waals surface area contributed by atoms with E-state index in [1.54, 1.807) is 42.6 Å². The first kappa shape index (κ1) is 12.6. The summed E-state index contributed by atoms with van der Waals surface area (Å²) in [5.41, 5.74) is 8.45. The van der Waals surface area contributed by atoms with E-state index in [1.165, 1.54) is 0 Å². The van der Waals surface area contributed by atoms with Crippen LogP contribution >= 0.6 is 11.6 Å². The molecule has 0 unspecified atom stereocenters. The number of H-pyrrole nitrogens is 1. The molecule has 20 heavy (non-hydrogen) atoms. The average Bonchev–Trinajstić information content (AvgIpc) is 2.81. The second-order valence-electron chi connectivity index (χ2n) is 4.47. The Morgan fingerprint density at radius 1 is 1.20 bits per heavy atom. The van der Waals surface area contributed by atoms with Crippen molar-refractivity contribution in [2.24, 2.45) is 0 Å². The second-order valence-corrected chi connectivity index (χ2v) is 4.91. The SMILES string of the molecule is Nc1ccc2[nH]cc(C(=O)Nc3cccc(Cl)c3)c2c1. The van der Waals surface area contributed by atoms with Crippen molar-refractivity contribution < 1.29 is 4.79 Å². The molecule has 2 aromatic carbocycles. The fraction of sp³-hybridized carbons (Fsp3) is 0. The van der Waals surface area contributed by atoms with E-state index in [0.717, 1.165) is 10.9 Å². The highest BCUT2D eigenvalue weighted by Crippen LogP contribution is 2.22. The number of aromatic nitrogens is 1. The molecule has 0 bridgehead atoms.